The van der Waals surface area contributed by atoms with Crippen molar-refractivity contribution >= 4 is 21.4 Å². The second kappa shape index (κ2) is 6.18. The molecular formula is C13H15NO3S2. The fraction of sp³-hybridized carbons (Fsp3) is 0.231. The van der Waals surface area contributed by atoms with Crippen LogP contribution >= 0.6 is 11.3 Å². The maximum absolute atomic E-state index is 12.0. The lowest BCUT2D eigenvalue weighted by molar-refractivity contribution is 0.414. The lowest BCUT2D eigenvalue weighted by Gasteiger charge is -2.07. The zero-order valence-electron chi connectivity index (χ0n) is 10.5. The van der Waals surface area contributed by atoms with E-state index < -0.39 is 10.0 Å². The van der Waals surface area contributed by atoms with E-state index in [1.54, 1.807) is 30.6 Å². The number of methoxy groups -OCH3 is 1. The third-order valence-electron chi connectivity index (χ3n) is 2.66. The average Bonchev–Trinajstić information content (AvgIpc) is 2.92. The average molecular weight is 297 g/mol. The Morgan fingerprint density at radius 3 is 2.53 bits per heavy atom. The quantitative estimate of drug-likeness (QED) is 0.890. The molecule has 0 saturated heterocycles. The Hall–Kier alpha value is -1.37. The summed E-state index contributed by atoms with van der Waals surface area (Å²) in [6.45, 7) is 0.394. The van der Waals surface area contributed by atoms with Crippen molar-refractivity contribution in [1.29, 1.82) is 0 Å². The van der Waals surface area contributed by atoms with Gasteiger partial charge < -0.3 is 4.74 Å². The summed E-state index contributed by atoms with van der Waals surface area (Å²) in [5, 5.41) is 4.00. The topological polar surface area (TPSA) is 55.4 Å². The third-order valence-corrected chi connectivity index (χ3v) is 4.86. The first-order chi connectivity index (χ1) is 9.12. The van der Waals surface area contributed by atoms with Gasteiger partial charge in [0.2, 0.25) is 10.0 Å². The van der Waals surface area contributed by atoms with Crippen LogP contribution in [0.1, 0.15) is 5.56 Å². The predicted octanol–water partition coefficient (Wildman–Crippen LogP) is 2.28. The van der Waals surface area contributed by atoms with E-state index in [9.17, 15) is 8.42 Å². The Morgan fingerprint density at radius 1 is 1.21 bits per heavy atom. The molecule has 0 spiro atoms. The summed E-state index contributed by atoms with van der Waals surface area (Å²) < 4.78 is 31.6. The van der Waals surface area contributed by atoms with Crippen molar-refractivity contribution < 1.29 is 13.2 Å². The highest BCUT2D eigenvalue weighted by Crippen LogP contribution is 2.15. The molecule has 1 aromatic carbocycles. The molecule has 0 amide bonds. The van der Waals surface area contributed by atoms with E-state index in [1.807, 2.05) is 16.8 Å². The highest BCUT2D eigenvalue weighted by molar-refractivity contribution is 7.89. The van der Waals surface area contributed by atoms with Gasteiger partial charge in [-0.05, 0) is 53.1 Å². The van der Waals surface area contributed by atoms with Crippen molar-refractivity contribution in [3.63, 3.8) is 0 Å². The lowest BCUT2D eigenvalue weighted by atomic mass is 10.2. The summed E-state index contributed by atoms with van der Waals surface area (Å²) >= 11 is 1.61. The van der Waals surface area contributed by atoms with Crippen molar-refractivity contribution in [2.24, 2.45) is 0 Å². The minimum atomic E-state index is -3.44. The summed E-state index contributed by atoms with van der Waals surface area (Å²) in [6, 6.07) is 8.32. The largest absolute Gasteiger partial charge is 0.497 e. The van der Waals surface area contributed by atoms with Gasteiger partial charge in [-0.2, -0.15) is 11.3 Å². The smallest absolute Gasteiger partial charge is 0.240 e. The van der Waals surface area contributed by atoms with Crippen LogP contribution < -0.4 is 9.46 Å². The van der Waals surface area contributed by atoms with Crippen LogP contribution in [0.4, 0.5) is 0 Å². The van der Waals surface area contributed by atoms with Gasteiger partial charge in [0.1, 0.15) is 5.75 Å². The minimum Gasteiger partial charge on any atom is -0.497 e. The van der Waals surface area contributed by atoms with Gasteiger partial charge in [-0.25, -0.2) is 13.1 Å². The first kappa shape index (κ1) is 14.0. The van der Waals surface area contributed by atoms with E-state index in [0.29, 0.717) is 18.7 Å². The van der Waals surface area contributed by atoms with Crippen molar-refractivity contribution in [1.82, 2.24) is 4.72 Å². The van der Waals surface area contributed by atoms with Crippen LogP contribution in [0.2, 0.25) is 0 Å². The molecule has 102 valence electrons. The zero-order chi connectivity index (χ0) is 13.7. The van der Waals surface area contributed by atoms with Gasteiger partial charge in [-0.15, -0.1) is 0 Å². The van der Waals surface area contributed by atoms with Crippen LogP contribution in [-0.2, 0) is 16.4 Å². The number of sulfonamides is 1. The second-order valence-corrected chi connectivity index (χ2v) is 6.50. The molecule has 2 rings (SSSR count). The first-order valence-electron chi connectivity index (χ1n) is 5.76. The molecule has 1 N–H and O–H groups in total. The lowest BCUT2D eigenvalue weighted by Crippen LogP contribution is -2.25. The first-order valence-corrected chi connectivity index (χ1v) is 8.19. The maximum atomic E-state index is 12.0. The highest BCUT2D eigenvalue weighted by atomic mass is 32.2. The van der Waals surface area contributed by atoms with Crippen LogP contribution in [0.5, 0.6) is 5.75 Å². The normalized spacial score (nSPS) is 11.4. The number of hydrogen-bond acceptors (Lipinski definition) is 4. The predicted molar refractivity (Wildman–Crippen MR) is 76.2 cm³/mol. The number of rotatable bonds is 6. The summed E-state index contributed by atoms with van der Waals surface area (Å²) in [7, 11) is -1.90. The zero-order valence-corrected chi connectivity index (χ0v) is 12.1. The van der Waals surface area contributed by atoms with Crippen LogP contribution in [0.3, 0.4) is 0 Å². The van der Waals surface area contributed by atoms with Gasteiger partial charge in [-0.3, -0.25) is 0 Å². The number of hydrogen-bond donors (Lipinski definition) is 1. The highest BCUT2D eigenvalue weighted by Gasteiger charge is 2.13. The fourth-order valence-corrected chi connectivity index (χ4v) is 3.34. The number of thiophene rings is 1. The van der Waals surface area contributed by atoms with Gasteiger partial charge in [0.25, 0.3) is 0 Å². The number of benzene rings is 1. The van der Waals surface area contributed by atoms with Crippen LogP contribution in [0, 0.1) is 0 Å². The Labute approximate surface area is 117 Å². The summed E-state index contributed by atoms with van der Waals surface area (Å²) in [5.74, 6) is 0.636. The Balaban J connectivity index is 1.97. The molecule has 0 aliphatic rings. The molecule has 2 aromatic rings. The molecule has 1 aromatic heterocycles. The van der Waals surface area contributed by atoms with Crippen molar-refractivity contribution in [3.8, 4) is 5.75 Å². The van der Waals surface area contributed by atoms with Gasteiger partial charge in [-0.1, -0.05) is 0 Å². The molecule has 0 aliphatic carbocycles. The Kier molecular flexibility index (Phi) is 4.57. The van der Waals surface area contributed by atoms with E-state index in [2.05, 4.69) is 4.72 Å². The molecule has 0 unspecified atom stereocenters. The third kappa shape index (κ3) is 3.79. The number of nitrogens with one attached hydrogen (secondary N) is 1. The van der Waals surface area contributed by atoms with Gasteiger partial charge in [0.15, 0.2) is 0 Å². The molecule has 0 atom stereocenters. The molecule has 6 heteroatoms. The molecule has 0 bridgehead atoms. The number of ether oxygens (including phenoxy) is 1. The molecule has 19 heavy (non-hydrogen) atoms. The molecule has 1 heterocycles. The molecule has 0 aliphatic heterocycles. The summed E-state index contributed by atoms with van der Waals surface area (Å²) in [4.78, 5) is 0.249. The summed E-state index contributed by atoms with van der Waals surface area (Å²) in [5.41, 5.74) is 1.14. The molecule has 0 fully saturated rings. The second-order valence-electron chi connectivity index (χ2n) is 3.95. The van der Waals surface area contributed by atoms with Crippen LogP contribution in [0.25, 0.3) is 0 Å². The van der Waals surface area contributed by atoms with Crippen LogP contribution in [-0.4, -0.2) is 22.1 Å². The van der Waals surface area contributed by atoms with E-state index in [0.717, 1.165) is 5.56 Å². The SMILES string of the molecule is COc1ccc(S(=O)(=O)NCCc2ccsc2)cc1. The minimum absolute atomic E-state index is 0.249. The Morgan fingerprint density at radius 2 is 1.95 bits per heavy atom. The monoisotopic (exact) mass is 297 g/mol. The van der Waals surface area contributed by atoms with E-state index in [4.69, 9.17) is 4.74 Å². The van der Waals surface area contributed by atoms with Crippen molar-refractivity contribution in [2.45, 2.75) is 11.3 Å². The molecule has 4 nitrogen and oxygen atoms in total. The fourth-order valence-electron chi connectivity index (χ4n) is 1.60. The van der Waals surface area contributed by atoms with E-state index in [1.165, 1.54) is 12.1 Å². The van der Waals surface area contributed by atoms with E-state index in [-0.39, 0.29) is 4.90 Å². The maximum Gasteiger partial charge on any atom is 0.240 e. The molecular weight excluding hydrogens is 282 g/mol. The molecule has 0 saturated carbocycles. The van der Waals surface area contributed by atoms with E-state index >= 15 is 0 Å². The molecule has 0 radical (unpaired) electrons. The van der Waals surface area contributed by atoms with Crippen molar-refractivity contribution in [3.05, 3.63) is 46.7 Å². The van der Waals surface area contributed by atoms with Crippen LogP contribution in [0.15, 0.2) is 46.0 Å². The van der Waals surface area contributed by atoms with Gasteiger partial charge in [0, 0.05) is 6.54 Å². The van der Waals surface area contributed by atoms with Gasteiger partial charge >= 0.3 is 0 Å². The van der Waals surface area contributed by atoms with Gasteiger partial charge in [0.05, 0.1) is 12.0 Å². The van der Waals surface area contributed by atoms with Crippen molar-refractivity contribution in [2.75, 3.05) is 13.7 Å². The summed E-state index contributed by atoms with van der Waals surface area (Å²) in [6.07, 6.45) is 0.693. The standard InChI is InChI=1S/C13H15NO3S2/c1-17-12-2-4-13(5-3-12)19(15,16)14-8-6-11-7-9-18-10-11/h2-5,7,9-10,14H,6,8H2,1H3. The Bertz CT molecular complexity index is 604.